The topological polar surface area (TPSA) is 101 Å². The van der Waals surface area contributed by atoms with Crippen LogP contribution in [0.2, 0.25) is 0 Å². The Kier molecular flexibility index (Phi) is 6.01. The number of unbranched alkanes of at least 4 members (excludes halogenated alkanes) is 1. The summed E-state index contributed by atoms with van der Waals surface area (Å²) in [6.45, 7) is 4.77. The van der Waals surface area contributed by atoms with Crippen molar-refractivity contribution in [3.63, 3.8) is 0 Å². The van der Waals surface area contributed by atoms with Gasteiger partial charge in [-0.25, -0.2) is 0 Å². The fourth-order valence-corrected chi connectivity index (χ4v) is 2.84. The Morgan fingerprint density at radius 2 is 2.11 bits per heavy atom. The van der Waals surface area contributed by atoms with Crippen LogP contribution < -0.4 is 10.9 Å². The molecule has 142 valence electrons. The van der Waals surface area contributed by atoms with Gasteiger partial charge in [-0.2, -0.15) is 4.98 Å². The zero-order chi connectivity index (χ0) is 19.2. The number of benzene rings is 1. The van der Waals surface area contributed by atoms with E-state index in [-0.39, 0.29) is 17.3 Å². The van der Waals surface area contributed by atoms with E-state index in [1.807, 2.05) is 25.1 Å². The second kappa shape index (κ2) is 8.62. The van der Waals surface area contributed by atoms with E-state index in [0.29, 0.717) is 37.3 Å². The highest BCUT2D eigenvalue weighted by Crippen LogP contribution is 2.18. The Bertz CT molecular complexity index is 990. The van der Waals surface area contributed by atoms with E-state index >= 15 is 0 Å². The first kappa shape index (κ1) is 18.8. The molecule has 0 saturated heterocycles. The zero-order valence-electron chi connectivity index (χ0n) is 15.7. The molecule has 0 aliphatic rings. The number of hydrogen-bond donors (Lipinski definition) is 2. The standard InChI is InChI=1S/C20H24N4O3/c1-3-4-10-21-17(25)6-5-7-18-23-19(24-27-18)15-12-14-9-8-13(2)11-16(14)22-20(15)26/h8-9,11-12H,3-7,10H2,1-2H3,(H,21,25)(H,22,26). The summed E-state index contributed by atoms with van der Waals surface area (Å²) >= 11 is 0. The maximum Gasteiger partial charge on any atom is 0.259 e. The lowest BCUT2D eigenvalue weighted by Crippen LogP contribution is -2.24. The summed E-state index contributed by atoms with van der Waals surface area (Å²) in [7, 11) is 0. The molecule has 3 aromatic rings. The molecule has 0 radical (unpaired) electrons. The molecule has 0 aliphatic carbocycles. The van der Waals surface area contributed by atoms with Gasteiger partial charge in [-0.15, -0.1) is 0 Å². The molecule has 0 spiro atoms. The Balaban J connectivity index is 1.65. The van der Waals surface area contributed by atoms with Gasteiger partial charge >= 0.3 is 0 Å². The molecular weight excluding hydrogens is 344 g/mol. The molecule has 1 aromatic carbocycles. The quantitative estimate of drug-likeness (QED) is 0.595. The smallest absolute Gasteiger partial charge is 0.259 e. The van der Waals surface area contributed by atoms with Crippen molar-refractivity contribution in [3.8, 4) is 11.4 Å². The third-order valence-electron chi connectivity index (χ3n) is 4.36. The van der Waals surface area contributed by atoms with Gasteiger partial charge in [-0.05, 0) is 42.8 Å². The van der Waals surface area contributed by atoms with Gasteiger partial charge in [0.1, 0.15) is 0 Å². The number of aromatic nitrogens is 3. The van der Waals surface area contributed by atoms with Crippen LogP contribution in [0.1, 0.15) is 44.1 Å². The Hall–Kier alpha value is -2.96. The van der Waals surface area contributed by atoms with Gasteiger partial charge in [-0.1, -0.05) is 30.6 Å². The number of carbonyl (C=O) groups excluding carboxylic acids is 1. The van der Waals surface area contributed by atoms with Crippen molar-refractivity contribution in [2.24, 2.45) is 0 Å². The number of carbonyl (C=O) groups is 1. The molecule has 2 heterocycles. The van der Waals surface area contributed by atoms with E-state index in [4.69, 9.17) is 4.52 Å². The third-order valence-corrected chi connectivity index (χ3v) is 4.36. The highest BCUT2D eigenvalue weighted by atomic mass is 16.5. The van der Waals surface area contributed by atoms with Crippen LogP contribution in [-0.2, 0) is 11.2 Å². The lowest BCUT2D eigenvalue weighted by Gasteiger charge is -2.02. The first-order chi connectivity index (χ1) is 13.1. The lowest BCUT2D eigenvalue weighted by molar-refractivity contribution is -0.121. The van der Waals surface area contributed by atoms with Gasteiger partial charge in [0, 0.05) is 24.9 Å². The Morgan fingerprint density at radius 3 is 2.93 bits per heavy atom. The average Bonchev–Trinajstić information content (AvgIpc) is 3.10. The monoisotopic (exact) mass is 368 g/mol. The van der Waals surface area contributed by atoms with Crippen LogP contribution >= 0.6 is 0 Å². The van der Waals surface area contributed by atoms with E-state index in [2.05, 4.69) is 27.4 Å². The predicted octanol–water partition coefficient (Wildman–Crippen LogP) is 3.13. The average molecular weight is 368 g/mol. The number of rotatable bonds is 8. The normalized spacial score (nSPS) is 11.0. The minimum Gasteiger partial charge on any atom is -0.356 e. The minimum atomic E-state index is -0.254. The minimum absolute atomic E-state index is 0.0319. The maximum atomic E-state index is 12.4. The third kappa shape index (κ3) is 4.81. The number of amides is 1. The van der Waals surface area contributed by atoms with Crippen LogP contribution in [0, 0.1) is 6.92 Å². The van der Waals surface area contributed by atoms with Gasteiger partial charge in [0.2, 0.25) is 17.6 Å². The first-order valence-electron chi connectivity index (χ1n) is 9.30. The highest BCUT2D eigenvalue weighted by Gasteiger charge is 2.13. The lowest BCUT2D eigenvalue weighted by atomic mass is 10.1. The van der Waals surface area contributed by atoms with Crippen molar-refractivity contribution in [3.05, 3.63) is 46.1 Å². The summed E-state index contributed by atoms with van der Waals surface area (Å²) in [5.74, 6) is 0.723. The fourth-order valence-electron chi connectivity index (χ4n) is 2.84. The van der Waals surface area contributed by atoms with Gasteiger partial charge < -0.3 is 14.8 Å². The molecule has 0 saturated carbocycles. The first-order valence-corrected chi connectivity index (χ1v) is 9.30. The molecule has 2 N–H and O–H groups in total. The summed E-state index contributed by atoms with van der Waals surface area (Å²) in [5, 5.41) is 7.71. The molecule has 2 aromatic heterocycles. The molecule has 27 heavy (non-hydrogen) atoms. The Morgan fingerprint density at radius 1 is 1.26 bits per heavy atom. The molecule has 0 fully saturated rings. The molecule has 7 nitrogen and oxygen atoms in total. The number of nitrogens with zero attached hydrogens (tertiary/aromatic N) is 2. The van der Waals surface area contributed by atoms with Crippen LogP contribution in [0.25, 0.3) is 22.3 Å². The molecule has 7 heteroatoms. The van der Waals surface area contributed by atoms with Gasteiger partial charge in [-0.3, -0.25) is 9.59 Å². The molecule has 0 atom stereocenters. The predicted molar refractivity (Wildman–Crippen MR) is 103 cm³/mol. The molecule has 1 amide bonds. The maximum absolute atomic E-state index is 12.4. The molecular formula is C20H24N4O3. The summed E-state index contributed by atoms with van der Waals surface area (Å²) in [5.41, 5.74) is 1.97. The highest BCUT2D eigenvalue weighted by molar-refractivity contribution is 5.82. The van der Waals surface area contributed by atoms with Crippen LogP contribution in [0.15, 0.2) is 33.6 Å². The van der Waals surface area contributed by atoms with Crippen molar-refractivity contribution in [1.29, 1.82) is 0 Å². The van der Waals surface area contributed by atoms with Gasteiger partial charge in [0.25, 0.3) is 5.56 Å². The SMILES string of the molecule is CCCCNC(=O)CCCc1nc(-c2cc3ccc(C)cc3[nH]c2=O)no1. The van der Waals surface area contributed by atoms with E-state index in [9.17, 15) is 9.59 Å². The van der Waals surface area contributed by atoms with E-state index in [0.717, 1.165) is 29.3 Å². The van der Waals surface area contributed by atoms with Crippen molar-refractivity contribution in [2.45, 2.75) is 46.0 Å². The summed E-state index contributed by atoms with van der Waals surface area (Å²) in [4.78, 5) is 31.2. The number of nitrogens with one attached hydrogen (secondary N) is 2. The van der Waals surface area contributed by atoms with Crippen molar-refractivity contribution < 1.29 is 9.32 Å². The van der Waals surface area contributed by atoms with Crippen LogP contribution in [-0.4, -0.2) is 27.6 Å². The second-order valence-corrected chi connectivity index (χ2v) is 6.67. The molecule has 3 rings (SSSR count). The fraction of sp³-hybridized carbons (Fsp3) is 0.400. The number of fused-ring (bicyclic) bond motifs is 1. The van der Waals surface area contributed by atoms with Crippen LogP contribution in [0.3, 0.4) is 0 Å². The van der Waals surface area contributed by atoms with E-state index in [1.165, 1.54) is 0 Å². The second-order valence-electron chi connectivity index (χ2n) is 6.67. The number of aromatic amines is 1. The summed E-state index contributed by atoms with van der Waals surface area (Å²) in [6.07, 6.45) is 3.57. The van der Waals surface area contributed by atoms with Crippen molar-refractivity contribution in [2.75, 3.05) is 6.54 Å². The Labute approximate surface area is 157 Å². The number of aryl methyl sites for hydroxylation is 2. The van der Waals surface area contributed by atoms with Crippen LogP contribution in [0.5, 0.6) is 0 Å². The zero-order valence-corrected chi connectivity index (χ0v) is 15.7. The number of hydrogen-bond acceptors (Lipinski definition) is 5. The number of H-pyrrole nitrogens is 1. The van der Waals surface area contributed by atoms with Crippen molar-refractivity contribution >= 4 is 16.8 Å². The van der Waals surface area contributed by atoms with Gasteiger partial charge in [0.15, 0.2) is 0 Å². The van der Waals surface area contributed by atoms with Gasteiger partial charge in [0.05, 0.1) is 5.56 Å². The van der Waals surface area contributed by atoms with Crippen molar-refractivity contribution in [1.82, 2.24) is 20.4 Å². The summed E-state index contributed by atoms with van der Waals surface area (Å²) in [6, 6.07) is 7.62. The van der Waals surface area contributed by atoms with Crippen LogP contribution in [0.4, 0.5) is 0 Å². The van der Waals surface area contributed by atoms with E-state index in [1.54, 1.807) is 6.07 Å². The molecule has 0 aliphatic heterocycles. The largest absolute Gasteiger partial charge is 0.356 e. The molecule has 0 unspecified atom stereocenters. The number of pyridine rings is 1. The van der Waals surface area contributed by atoms with E-state index < -0.39 is 0 Å². The molecule has 0 bridgehead atoms. The summed E-state index contributed by atoms with van der Waals surface area (Å²) < 4.78 is 5.24.